The average Bonchev–Trinajstić information content (AvgIpc) is 2.62. The highest BCUT2D eigenvalue weighted by Gasteiger charge is 2.34. The molecule has 1 heterocycles. The number of hydrogen-bond donors (Lipinski definition) is 0. The number of nitrogens with zero attached hydrogens (tertiary/aromatic N) is 2. The van der Waals surface area contributed by atoms with Crippen LogP contribution in [0, 0.1) is 5.82 Å². The molecule has 0 bridgehead atoms. The van der Waals surface area contributed by atoms with Gasteiger partial charge in [-0.1, -0.05) is 23.2 Å². The van der Waals surface area contributed by atoms with E-state index in [1.807, 2.05) is 0 Å². The second-order valence-corrected chi connectivity index (χ2v) is 10.6. The van der Waals surface area contributed by atoms with E-state index < -0.39 is 30.8 Å². The molecule has 1 fully saturated rings. The van der Waals surface area contributed by atoms with E-state index in [1.165, 1.54) is 34.6 Å². The Bertz CT molecular complexity index is 1050. The second-order valence-electron chi connectivity index (χ2n) is 5.84. The Hall–Kier alpha value is -1.23. The summed E-state index contributed by atoms with van der Waals surface area (Å²) in [5.74, 6) is -0.946. The number of hydrogen-bond acceptors (Lipinski definition) is 4. The molecule has 2 aromatic carbocycles. The molecule has 0 aliphatic carbocycles. The second kappa shape index (κ2) is 7.65. The first-order chi connectivity index (χ1) is 12.6. The largest absolute Gasteiger partial charge is 0.246 e. The summed E-state index contributed by atoms with van der Waals surface area (Å²) in [4.78, 5) is -0.409. The van der Waals surface area contributed by atoms with Gasteiger partial charge in [-0.05, 0) is 42.5 Å². The summed E-state index contributed by atoms with van der Waals surface area (Å²) in [6, 6.07) is 9.04. The molecular formula is C16H15Cl2FN2O4S2. The molecule has 0 amide bonds. The van der Waals surface area contributed by atoms with Crippen LogP contribution in [-0.2, 0) is 20.0 Å². The third-order valence-corrected chi connectivity index (χ3v) is 8.49. The third kappa shape index (κ3) is 4.13. The summed E-state index contributed by atoms with van der Waals surface area (Å²) in [6.07, 6.45) is 0. The van der Waals surface area contributed by atoms with Crippen LogP contribution in [0.2, 0.25) is 10.0 Å². The zero-order chi connectivity index (χ0) is 19.8. The van der Waals surface area contributed by atoms with Crippen LogP contribution in [0.15, 0.2) is 52.3 Å². The number of piperazine rings is 1. The molecular weight excluding hydrogens is 438 g/mol. The fourth-order valence-corrected chi connectivity index (χ4v) is 5.90. The van der Waals surface area contributed by atoms with Crippen LogP contribution in [0.5, 0.6) is 0 Å². The van der Waals surface area contributed by atoms with E-state index in [0.29, 0.717) is 5.02 Å². The predicted octanol–water partition coefficient (Wildman–Crippen LogP) is 2.83. The van der Waals surface area contributed by atoms with Crippen LogP contribution in [0.25, 0.3) is 0 Å². The van der Waals surface area contributed by atoms with Gasteiger partial charge in [0.1, 0.15) is 10.7 Å². The smallest absolute Gasteiger partial charge is 0.207 e. The van der Waals surface area contributed by atoms with Gasteiger partial charge in [-0.3, -0.25) is 0 Å². The summed E-state index contributed by atoms with van der Waals surface area (Å²) in [5, 5.41) is 0.500. The van der Waals surface area contributed by atoms with Crippen molar-refractivity contribution in [2.24, 2.45) is 0 Å². The topological polar surface area (TPSA) is 74.8 Å². The minimum absolute atomic E-state index is 0.0423. The van der Waals surface area contributed by atoms with E-state index >= 15 is 0 Å². The Labute approximate surface area is 167 Å². The fourth-order valence-electron chi connectivity index (χ4n) is 2.73. The van der Waals surface area contributed by atoms with Crippen LogP contribution in [0.3, 0.4) is 0 Å². The summed E-state index contributed by atoms with van der Waals surface area (Å²) in [5.41, 5.74) is 0. The highest BCUT2D eigenvalue weighted by atomic mass is 35.5. The molecule has 3 rings (SSSR count). The maximum Gasteiger partial charge on any atom is 0.246 e. The molecule has 146 valence electrons. The van der Waals surface area contributed by atoms with Gasteiger partial charge in [-0.15, -0.1) is 0 Å². The third-order valence-electron chi connectivity index (χ3n) is 4.16. The SMILES string of the molecule is O=S(=O)(c1ccc(Cl)cc1)N1CCN(S(=O)(=O)c2ccc(Cl)cc2F)CC1. The molecule has 1 saturated heterocycles. The van der Waals surface area contributed by atoms with Gasteiger partial charge < -0.3 is 0 Å². The van der Waals surface area contributed by atoms with E-state index in [9.17, 15) is 21.2 Å². The van der Waals surface area contributed by atoms with Crippen LogP contribution in [-0.4, -0.2) is 51.6 Å². The van der Waals surface area contributed by atoms with Gasteiger partial charge in [0.25, 0.3) is 0 Å². The van der Waals surface area contributed by atoms with Crippen molar-refractivity contribution in [3.05, 3.63) is 58.3 Å². The monoisotopic (exact) mass is 452 g/mol. The molecule has 1 aliphatic rings. The first kappa shape index (κ1) is 20.5. The van der Waals surface area contributed by atoms with Crippen molar-refractivity contribution in [3.8, 4) is 0 Å². The molecule has 2 aromatic rings. The van der Waals surface area contributed by atoms with Gasteiger partial charge in [-0.25, -0.2) is 21.2 Å². The standard InChI is InChI=1S/C16H15Cl2FN2O4S2/c17-12-1-4-14(5-2-12)26(22,23)20-7-9-21(10-8-20)27(24,25)16-6-3-13(18)11-15(16)19/h1-6,11H,7-10H2. The van der Waals surface area contributed by atoms with Crippen molar-refractivity contribution < 1.29 is 21.2 Å². The number of sulfonamides is 2. The molecule has 0 atom stereocenters. The maximum atomic E-state index is 14.0. The summed E-state index contributed by atoms with van der Waals surface area (Å²) >= 11 is 11.4. The first-order valence-electron chi connectivity index (χ1n) is 7.83. The van der Waals surface area contributed by atoms with Crippen LogP contribution in [0.4, 0.5) is 4.39 Å². The van der Waals surface area contributed by atoms with Gasteiger partial charge in [0.05, 0.1) is 4.90 Å². The van der Waals surface area contributed by atoms with Gasteiger partial charge in [0.15, 0.2) is 0 Å². The maximum absolute atomic E-state index is 14.0. The minimum atomic E-state index is -4.09. The molecule has 0 N–H and O–H groups in total. The van der Waals surface area contributed by atoms with Gasteiger partial charge >= 0.3 is 0 Å². The van der Waals surface area contributed by atoms with Crippen molar-refractivity contribution in [1.82, 2.24) is 8.61 Å². The lowest BCUT2D eigenvalue weighted by Gasteiger charge is -2.33. The molecule has 11 heteroatoms. The van der Waals surface area contributed by atoms with E-state index in [1.54, 1.807) is 0 Å². The fraction of sp³-hybridized carbons (Fsp3) is 0.250. The molecule has 0 spiro atoms. The van der Waals surface area contributed by atoms with Crippen molar-refractivity contribution >= 4 is 43.2 Å². The lowest BCUT2D eigenvalue weighted by molar-refractivity contribution is 0.272. The lowest BCUT2D eigenvalue weighted by atomic mass is 10.3. The van der Waals surface area contributed by atoms with E-state index in [0.717, 1.165) is 16.4 Å². The van der Waals surface area contributed by atoms with E-state index in [2.05, 4.69) is 0 Å². The minimum Gasteiger partial charge on any atom is -0.207 e. The first-order valence-corrected chi connectivity index (χ1v) is 11.5. The highest BCUT2D eigenvalue weighted by molar-refractivity contribution is 7.89. The van der Waals surface area contributed by atoms with Crippen molar-refractivity contribution in [2.75, 3.05) is 26.2 Å². The van der Waals surface area contributed by atoms with Gasteiger partial charge in [0.2, 0.25) is 20.0 Å². The van der Waals surface area contributed by atoms with Crippen LogP contribution < -0.4 is 0 Å². The van der Waals surface area contributed by atoms with Gasteiger partial charge in [0, 0.05) is 36.2 Å². The zero-order valence-electron chi connectivity index (χ0n) is 13.8. The summed E-state index contributed by atoms with van der Waals surface area (Å²) in [6.45, 7) is -0.257. The van der Waals surface area contributed by atoms with Crippen molar-refractivity contribution in [2.45, 2.75) is 9.79 Å². The quantitative estimate of drug-likeness (QED) is 0.714. The molecule has 27 heavy (non-hydrogen) atoms. The number of rotatable bonds is 4. The van der Waals surface area contributed by atoms with Crippen molar-refractivity contribution in [3.63, 3.8) is 0 Å². The number of halogens is 3. The Morgan fingerprint density at radius 3 is 1.74 bits per heavy atom. The van der Waals surface area contributed by atoms with E-state index in [-0.39, 0.29) is 36.1 Å². The molecule has 6 nitrogen and oxygen atoms in total. The zero-order valence-corrected chi connectivity index (χ0v) is 17.0. The Morgan fingerprint density at radius 1 is 0.741 bits per heavy atom. The van der Waals surface area contributed by atoms with Crippen LogP contribution >= 0.6 is 23.2 Å². The van der Waals surface area contributed by atoms with E-state index in [4.69, 9.17) is 23.2 Å². The molecule has 0 aromatic heterocycles. The Kier molecular flexibility index (Phi) is 5.81. The molecule has 0 radical (unpaired) electrons. The summed E-state index contributed by atoms with van der Waals surface area (Å²) in [7, 11) is -7.85. The normalized spacial score (nSPS) is 17.1. The summed E-state index contributed by atoms with van der Waals surface area (Å²) < 4.78 is 66.9. The van der Waals surface area contributed by atoms with Gasteiger partial charge in [-0.2, -0.15) is 8.61 Å². The molecule has 1 aliphatic heterocycles. The Morgan fingerprint density at radius 2 is 1.22 bits per heavy atom. The molecule has 0 saturated carbocycles. The predicted molar refractivity (Wildman–Crippen MR) is 100 cm³/mol. The lowest BCUT2D eigenvalue weighted by Crippen LogP contribution is -2.50. The average molecular weight is 453 g/mol. The molecule has 0 unspecified atom stereocenters. The Balaban J connectivity index is 1.77. The highest BCUT2D eigenvalue weighted by Crippen LogP contribution is 2.25. The number of benzene rings is 2. The van der Waals surface area contributed by atoms with Crippen molar-refractivity contribution in [1.29, 1.82) is 0 Å². The van der Waals surface area contributed by atoms with Crippen LogP contribution in [0.1, 0.15) is 0 Å².